The molecule has 1 aromatic rings. The van der Waals surface area contributed by atoms with Crippen molar-refractivity contribution in [3.63, 3.8) is 0 Å². The molecule has 21 heavy (non-hydrogen) atoms. The monoisotopic (exact) mass is 305 g/mol. The predicted molar refractivity (Wildman–Crippen MR) is 92.0 cm³/mol. The molecule has 0 atom stereocenters. The first-order valence-electron chi connectivity index (χ1n) is 8.53. The van der Waals surface area contributed by atoms with Crippen LogP contribution in [0, 0.1) is 5.92 Å². The van der Waals surface area contributed by atoms with Crippen LogP contribution < -0.4 is 4.90 Å². The zero-order chi connectivity index (χ0) is 14.5. The van der Waals surface area contributed by atoms with Gasteiger partial charge in [0.15, 0.2) is 0 Å². The molecule has 1 aliphatic heterocycles. The smallest absolute Gasteiger partial charge is 0.0914 e. The first-order valence-corrected chi connectivity index (χ1v) is 9.34. The van der Waals surface area contributed by atoms with Gasteiger partial charge in [-0.25, -0.2) is 0 Å². The molecule has 0 bridgehead atoms. The van der Waals surface area contributed by atoms with Gasteiger partial charge in [0.25, 0.3) is 0 Å². The average molecular weight is 305 g/mol. The summed E-state index contributed by atoms with van der Waals surface area (Å²) in [5.41, 5.74) is 1.25. The van der Waals surface area contributed by atoms with Crippen LogP contribution >= 0.6 is 11.3 Å². The third-order valence-corrected chi connectivity index (χ3v) is 6.01. The highest BCUT2D eigenvalue weighted by Gasteiger charge is 2.18. The quantitative estimate of drug-likeness (QED) is 0.872. The van der Waals surface area contributed by atoms with E-state index in [0.29, 0.717) is 5.92 Å². The summed E-state index contributed by atoms with van der Waals surface area (Å²) in [7, 11) is 0. The van der Waals surface area contributed by atoms with Crippen molar-refractivity contribution < 1.29 is 5.11 Å². The summed E-state index contributed by atoms with van der Waals surface area (Å²) in [5, 5.41) is 11.1. The molecule has 0 amide bonds. The third-order valence-electron chi connectivity index (χ3n) is 4.92. The topological polar surface area (TPSA) is 23.5 Å². The molecule has 1 saturated heterocycles. The molecule has 0 spiro atoms. The summed E-state index contributed by atoms with van der Waals surface area (Å²) < 4.78 is 0. The molecular weight excluding hydrogens is 278 g/mol. The highest BCUT2D eigenvalue weighted by Crippen LogP contribution is 2.34. The lowest BCUT2D eigenvalue weighted by Crippen LogP contribution is -2.28. The van der Waals surface area contributed by atoms with Crippen molar-refractivity contribution in [2.24, 2.45) is 5.92 Å². The fourth-order valence-electron chi connectivity index (χ4n) is 3.65. The lowest BCUT2D eigenvalue weighted by Gasteiger charge is -2.27. The minimum Gasteiger partial charge on any atom is -0.392 e. The summed E-state index contributed by atoms with van der Waals surface area (Å²) in [6, 6.07) is 4.49. The number of piperidine rings is 1. The van der Waals surface area contributed by atoms with Crippen molar-refractivity contribution in [1.29, 1.82) is 0 Å². The largest absolute Gasteiger partial charge is 0.392 e. The number of anilines is 1. The van der Waals surface area contributed by atoms with Crippen LogP contribution in [0.15, 0.2) is 17.7 Å². The predicted octanol–water partition coefficient (Wildman–Crippen LogP) is 4.69. The first-order chi connectivity index (χ1) is 10.4. The summed E-state index contributed by atoms with van der Waals surface area (Å²) in [6.45, 7) is 2.64. The standard InChI is InChI=1S/C18H27NOS/c20-14-16(15-7-3-1-4-8-15)13-17-9-10-18(21-17)19-11-5-2-6-12-19/h9-10,13,15,20H,1-8,11-12,14H2/b16-13-. The number of thiophene rings is 1. The van der Waals surface area contributed by atoms with E-state index in [1.165, 1.54) is 79.9 Å². The first kappa shape index (κ1) is 15.1. The molecule has 116 valence electrons. The van der Waals surface area contributed by atoms with E-state index in [1.807, 2.05) is 11.3 Å². The number of aliphatic hydroxyl groups excluding tert-OH is 1. The Balaban J connectivity index is 1.70. The Morgan fingerprint density at radius 2 is 1.81 bits per heavy atom. The van der Waals surface area contributed by atoms with Gasteiger partial charge in [-0.2, -0.15) is 0 Å². The lowest BCUT2D eigenvalue weighted by molar-refractivity contribution is 0.295. The van der Waals surface area contributed by atoms with Crippen LogP contribution in [0.5, 0.6) is 0 Å². The molecule has 2 fully saturated rings. The Morgan fingerprint density at radius 3 is 2.52 bits per heavy atom. The van der Waals surface area contributed by atoms with E-state index in [-0.39, 0.29) is 6.61 Å². The van der Waals surface area contributed by atoms with Gasteiger partial charge in [-0.15, -0.1) is 11.3 Å². The fraction of sp³-hybridized carbons (Fsp3) is 0.667. The van der Waals surface area contributed by atoms with Crippen LogP contribution in [0.25, 0.3) is 6.08 Å². The van der Waals surface area contributed by atoms with Crippen molar-refractivity contribution in [3.05, 3.63) is 22.6 Å². The SMILES string of the molecule is OC/C(=C/c1ccc(N2CCCCC2)s1)C1CCCCC1. The number of hydrogen-bond donors (Lipinski definition) is 1. The Labute approximate surface area is 132 Å². The van der Waals surface area contributed by atoms with Crippen molar-refractivity contribution in [3.8, 4) is 0 Å². The summed E-state index contributed by atoms with van der Waals surface area (Å²) in [4.78, 5) is 3.83. The van der Waals surface area contributed by atoms with E-state index in [4.69, 9.17) is 0 Å². The molecule has 1 N–H and O–H groups in total. The second-order valence-electron chi connectivity index (χ2n) is 6.44. The molecule has 1 aromatic heterocycles. The maximum Gasteiger partial charge on any atom is 0.0914 e. The van der Waals surface area contributed by atoms with Gasteiger partial charge in [0.2, 0.25) is 0 Å². The van der Waals surface area contributed by atoms with Gasteiger partial charge >= 0.3 is 0 Å². The van der Waals surface area contributed by atoms with E-state index >= 15 is 0 Å². The van der Waals surface area contributed by atoms with Crippen LogP contribution in [0.4, 0.5) is 5.00 Å². The Hall–Kier alpha value is -0.800. The molecule has 2 nitrogen and oxygen atoms in total. The summed E-state index contributed by atoms with van der Waals surface area (Å²) >= 11 is 1.89. The van der Waals surface area contributed by atoms with Crippen molar-refractivity contribution in [2.75, 3.05) is 24.6 Å². The van der Waals surface area contributed by atoms with Crippen molar-refractivity contribution in [1.82, 2.24) is 0 Å². The van der Waals surface area contributed by atoms with Gasteiger partial charge < -0.3 is 10.0 Å². The van der Waals surface area contributed by atoms with E-state index in [1.54, 1.807) is 0 Å². The maximum absolute atomic E-state index is 9.72. The van der Waals surface area contributed by atoms with E-state index in [2.05, 4.69) is 23.1 Å². The zero-order valence-corrected chi connectivity index (χ0v) is 13.7. The Bertz CT molecular complexity index is 467. The molecule has 3 heteroatoms. The van der Waals surface area contributed by atoms with Crippen LogP contribution in [-0.4, -0.2) is 24.8 Å². The minimum absolute atomic E-state index is 0.224. The average Bonchev–Trinajstić information content (AvgIpc) is 3.03. The Morgan fingerprint density at radius 1 is 1.10 bits per heavy atom. The van der Waals surface area contributed by atoms with Crippen LogP contribution in [0.2, 0.25) is 0 Å². The molecule has 2 heterocycles. The molecule has 2 aliphatic rings. The third kappa shape index (κ3) is 3.89. The zero-order valence-electron chi connectivity index (χ0n) is 12.9. The van der Waals surface area contributed by atoms with Crippen molar-refractivity contribution in [2.45, 2.75) is 51.4 Å². The molecule has 0 aromatic carbocycles. The molecule has 1 saturated carbocycles. The van der Waals surface area contributed by atoms with Gasteiger partial charge in [0, 0.05) is 18.0 Å². The molecule has 0 radical (unpaired) electrons. The second kappa shape index (κ2) is 7.46. The van der Waals surface area contributed by atoms with Crippen LogP contribution in [0.1, 0.15) is 56.2 Å². The number of nitrogens with zero attached hydrogens (tertiary/aromatic N) is 1. The highest BCUT2D eigenvalue weighted by atomic mass is 32.1. The van der Waals surface area contributed by atoms with E-state index in [9.17, 15) is 5.11 Å². The normalized spacial score (nSPS) is 21.8. The van der Waals surface area contributed by atoms with Crippen LogP contribution in [0.3, 0.4) is 0 Å². The van der Waals surface area contributed by atoms with E-state index < -0.39 is 0 Å². The summed E-state index contributed by atoms with van der Waals surface area (Å²) in [6.07, 6.45) is 12.8. The molecule has 0 unspecified atom stereocenters. The maximum atomic E-state index is 9.72. The van der Waals surface area contributed by atoms with Gasteiger partial charge in [0.1, 0.15) is 0 Å². The van der Waals surface area contributed by atoms with Gasteiger partial charge in [0.05, 0.1) is 11.6 Å². The van der Waals surface area contributed by atoms with Crippen LogP contribution in [-0.2, 0) is 0 Å². The molecular formula is C18H27NOS. The number of rotatable bonds is 4. The minimum atomic E-state index is 0.224. The summed E-state index contributed by atoms with van der Waals surface area (Å²) in [5.74, 6) is 0.615. The fourth-order valence-corrected chi connectivity index (χ4v) is 4.69. The highest BCUT2D eigenvalue weighted by molar-refractivity contribution is 7.16. The van der Waals surface area contributed by atoms with Gasteiger partial charge in [-0.1, -0.05) is 19.3 Å². The second-order valence-corrected chi connectivity index (χ2v) is 7.53. The van der Waals surface area contributed by atoms with Gasteiger partial charge in [-0.05, 0) is 61.8 Å². The van der Waals surface area contributed by atoms with Crippen molar-refractivity contribution >= 4 is 22.4 Å². The lowest BCUT2D eigenvalue weighted by atomic mass is 9.84. The molecule has 1 aliphatic carbocycles. The van der Waals surface area contributed by atoms with Gasteiger partial charge in [-0.3, -0.25) is 0 Å². The Kier molecular flexibility index (Phi) is 5.37. The molecule has 3 rings (SSSR count). The van der Waals surface area contributed by atoms with E-state index in [0.717, 1.165) is 0 Å². The number of aliphatic hydroxyl groups is 1. The number of hydrogen-bond acceptors (Lipinski definition) is 3.